The number of nitrogens with one attached hydrogen (secondary N) is 2. The Labute approximate surface area is 137 Å². The molecule has 7 heteroatoms. The van der Waals surface area contributed by atoms with Crippen molar-refractivity contribution < 1.29 is 18.7 Å². The van der Waals surface area contributed by atoms with Crippen molar-refractivity contribution in [1.82, 2.24) is 0 Å². The molecule has 23 heavy (non-hydrogen) atoms. The van der Waals surface area contributed by atoms with Gasteiger partial charge in [0.1, 0.15) is 11.6 Å². The van der Waals surface area contributed by atoms with Gasteiger partial charge in [-0.15, -0.1) is 0 Å². The molecular weight excluding hydrogens is 323 g/mol. The molecule has 0 aliphatic carbocycles. The van der Waals surface area contributed by atoms with Crippen LogP contribution < -0.4 is 15.4 Å². The Hall–Kier alpha value is -2.60. The van der Waals surface area contributed by atoms with Gasteiger partial charge in [-0.25, -0.2) is 4.39 Å². The minimum Gasteiger partial charge on any atom is -0.495 e. The third kappa shape index (κ3) is 4.20. The van der Waals surface area contributed by atoms with Gasteiger partial charge in [-0.3, -0.25) is 9.59 Å². The Morgan fingerprint density at radius 2 is 1.83 bits per heavy atom. The number of benzene rings is 2. The number of rotatable bonds is 3. The van der Waals surface area contributed by atoms with Gasteiger partial charge in [0.05, 0.1) is 12.8 Å². The number of methoxy groups -OCH3 is 1. The molecule has 0 aromatic heterocycles. The van der Waals surface area contributed by atoms with Crippen LogP contribution in [0.4, 0.5) is 15.8 Å². The normalized spacial score (nSPS) is 10.1. The highest BCUT2D eigenvalue weighted by Gasteiger charge is 2.17. The number of aryl methyl sites for hydroxylation is 1. The first-order valence-electron chi connectivity index (χ1n) is 6.62. The highest BCUT2D eigenvalue weighted by Crippen LogP contribution is 2.30. The molecule has 2 aromatic carbocycles. The predicted molar refractivity (Wildman–Crippen MR) is 86.4 cm³/mol. The topological polar surface area (TPSA) is 67.4 Å². The summed E-state index contributed by atoms with van der Waals surface area (Å²) < 4.78 is 18.2. The van der Waals surface area contributed by atoms with E-state index in [2.05, 4.69) is 10.6 Å². The average Bonchev–Trinajstić information content (AvgIpc) is 2.50. The van der Waals surface area contributed by atoms with Gasteiger partial charge in [0.15, 0.2) is 0 Å². The monoisotopic (exact) mass is 336 g/mol. The molecule has 0 saturated carbocycles. The fourth-order valence-corrected chi connectivity index (χ4v) is 2.02. The van der Waals surface area contributed by atoms with Crippen LogP contribution in [0.15, 0.2) is 36.4 Å². The van der Waals surface area contributed by atoms with E-state index in [0.29, 0.717) is 22.0 Å². The lowest BCUT2D eigenvalue weighted by Gasteiger charge is -2.12. The number of halogens is 2. The summed E-state index contributed by atoms with van der Waals surface area (Å²) in [6, 6.07) is 8.37. The lowest BCUT2D eigenvalue weighted by Crippen LogP contribution is -2.29. The predicted octanol–water partition coefficient (Wildman–Crippen LogP) is 3.37. The van der Waals surface area contributed by atoms with Crippen LogP contribution in [0.25, 0.3) is 0 Å². The van der Waals surface area contributed by atoms with Crippen LogP contribution in [0.1, 0.15) is 5.56 Å². The molecule has 2 aromatic rings. The standard InChI is InChI=1S/C16H14ClFN2O3/c1-9-6-13(14(23-2)8-12(9)17)20-16(22)15(21)19-11-5-3-4-10(18)7-11/h3-8H,1-2H3,(H,19,21)(H,20,22). The third-order valence-electron chi connectivity index (χ3n) is 3.02. The van der Waals surface area contributed by atoms with E-state index in [-0.39, 0.29) is 5.69 Å². The summed E-state index contributed by atoms with van der Waals surface area (Å²) in [7, 11) is 1.42. The molecule has 2 amide bonds. The lowest BCUT2D eigenvalue weighted by molar-refractivity contribution is -0.133. The first-order chi connectivity index (χ1) is 10.9. The summed E-state index contributed by atoms with van der Waals surface area (Å²) in [4.78, 5) is 23.8. The Balaban J connectivity index is 2.12. The molecule has 0 spiro atoms. The van der Waals surface area contributed by atoms with Gasteiger partial charge >= 0.3 is 11.8 Å². The average molecular weight is 337 g/mol. The van der Waals surface area contributed by atoms with Crippen molar-refractivity contribution in [2.75, 3.05) is 17.7 Å². The number of hydrogen-bond donors (Lipinski definition) is 2. The smallest absolute Gasteiger partial charge is 0.314 e. The van der Waals surface area contributed by atoms with Crippen LogP contribution in [0.2, 0.25) is 5.02 Å². The number of carbonyl (C=O) groups excluding carboxylic acids is 2. The van der Waals surface area contributed by atoms with Gasteiger partial charge < -0.3 is 15.4 Å². The van der Waals surface area contributed by atoms with Crippen molar-refractivity contribution in [3.05, 3.63) is 52.8 Å². The van der Waals surface area contributed by atoms with Crippen molar-refractivity contribution in [2.45, 2.75) is 6.92 Å². The molecule has 0 saturated heterocycles. The van der Waals surface area contributed by atoms with Crippen molar-refractivity contribution >= 4 is 34.8 Å². The second kappa shape index (κ2) is 7.11. The second-order valence-electron chi connectivity index (χ2n) is 4.72. The molecule has 5 nitrogen and oxygen atoms in total. The van der Waals surface area contributed by atoms with Gasteiger partial charge in [0.25, 0.3) is 0 Å². The van der Waals surface area contributed by atoms with Gasteiger partial charge in [0.2, 0.25) is 0 Å². The van der Waals surface area contributed by atoms with Crippen molar-refractivity contribution in [3.63, 3.8) is 0 Å². The molecule has 0 radical (unpaired) electrons. The Morgan fingerprint density at radius 1 is 1.13 bits per heavy atom. The van der Waals surface area contributed by atoms with E-state index in [0.717, 1.165) is 6.07 Å². The van der Waals surface area contributed by atoms with Crippen LogP contribution >= 0.6 is 11.6 Å². The van der Waals surface area contributed by atoms with Crippen molar-refractivity contribution in [2.24, 2.45) is 0 Å². The van der Waals surface area contributed by atoms with E-state index in [1.165, 1.54) is 31.4 Å². The largest absolute Gasteiger partial charge is 0.495 e. The van der Waals surface area contributed by atoms with E-state index in [9.17, 15) is 14.0 Å². The summed E-state index contributed by atoms with van der Waals surface area (Å²) in [5.74, 6) is -2.02. The Kier molecular flexibility index (Phi) is 5.18. The lowest BCUT2D eigenvalue weighted by atomic mass is 10.2. The maximum absolute atomic E-state index is 13.1. The SMILES string of the molecule is COc1cc(Cl)c(C)cc1NC(=O)C(=O)Nc1cccc(F)c1. The minimum absolute atomic E-state index is 0.185. The fraction of sp³-hybridized carbons (Fsp3) is 0.125. The number of anilines is 2. The van der Waals surface area contributed by atoms with E-state index in [4.69, 9.17) is 16.3 Å². The van der Waals surface area contributed by atoms with Gasteiger partial charge in [-0.2, -0.15) is 0 Å². The van der Waals surface area contributed by atoms with Gasteiger partial charge in [-0.1, -0.05) is 17.7 Å². The highest BCUT2D eigenvalue weighted by molar-refractivity contribution is 6.43. The molecule has 0 unspecified atom stereocenters. The zero-order valence-corrected chi connectivity index (χ0v) is 13.2. The number of hydrogen-bond acceptors (Lipinski definition) is 3. The first-order valence-corrected chi connectivity index (χ1v) is 7.00. The van der Waals surface area contributed by atoms with Gasteiger partial charge in [-0.05, 0) is 36.8 Å². The van der Waals surface area contributed by atoms with Crippen LogP contribution in [-0.2, 0) is 9.59 Å². The zero-order chi connectivity index (χ0) is 17.0. The van der Waals surface area contributed by atoms with Crippen LogP contribution in [-0.4, -0.2) is 18.9 Å². The molecule has 0 heterocycles. The Bertz CT molecular complexity index is 765. The summed E-state index contributed by atoms with van der Waals surface area (Å²) >= 11 is 5.98. The molecule has 2 N–H and O–H groups in total. The van der Waals surface area contributed by atoms with Crippen LogP contribution in [0.3, 0.4) is 0 Å². The zero-order valence-electron chi connectivity index (χ0n) is 12.4. The highest BCUT2D eigenvalue weighted by atomic mass is 35.5. The maximum Gasteiger partial charge on any atom is 0.314 e. The van der Waals surface area contributed by atoms with E-state index < -0.39 is 17.6 Å². The molecule has 0 fully saturated rings. The Morgan fingerprint density at radius 3 is 2.48 bits per heavy atom. The first kappa shape index (κ1) is 16.8. The molecular formula is C16H14ClFN2O3. The molecule has 120 valence electrons. The van der Waals surface area contributed by atoms with E-state index >= 15 is 0 Å². The molecule has 0 aliphatic rings. The second-order valence-corrected chi connectivity index (χ2v) is 5.13. The summed E-state index contributed by atoms with van der Waals surface area (Å²) in [5, 5.41) is 5.22. The third-order valence-corrected chi connectivity index (χ3v) is 3.42. The van der Waals surface area contributed by atoms with Crippen LogP contribution in [0, 0.1) is 12.7 Å². The van der Waals surface area contributed by atoms with Crippen molar-refractivity contribution in [3.8, 4) is 5.75 Å². The van der Waals surface area contributed by atoms with Crippen LogP contribution in [0.5, 0.6) is 5.75 Å². The minimum atomic E-state index is -0.926. The molecule has 0 aliphatic heterocycles. The quantitative estimate of drug-likeness (QED) is 0.844. The van der Waals surface area contributed by atoms with Gasteiger partial charge in [0, 0.05) is 16.8 Å². The van der Waals surface area contributed by atoms with E-state index in [1.54, 1.807) is 13.0 Å². The van der Waals surface area contributed by atoms with E-state index in [1.807, 2.05) is 0 Å². The fourth-order valence-electron chi connectivity index (χ4n) is 1.86. The maximum atomic E-state index is 13.1. The summed E-state index contributed by atoms with van der Waals surface area (Å²) in [6.07, 6.45) is 0. The van der Waals surface area contributed by atoms with Crippen molar-refractivity contribution in [1.29, 1.82) is 0 Å². The summed E-state index contributed by atoms with van der Waals surface area (Å²) in [6.45, 7) is 1.75. The number of amides is 2. The number of carbonyl (C=O) groups is 2. The molecule has 2 rings (SSSR count). The molecule has 0 atom stereocenters. The molecule has 0 bridgehead atoms. The summed E-state index contributed by atoms with van der Waals surface area (Å²) in [5.41, 5.74) is 1.21. The number of ether oxygens (including phenoxy) is 1.